The first-order valence-corrected chi connectivity index (χ1v) is 6.30. The third-order valence-corrected chi connectivity index (χ3v) is 2.97. The highest BCUT2D eigenvalue weighted by Crippen LogP contribution is 2.21. The van der Waals surface area contributed by atoms with Crippen LogP contribution in [0.5, 0.6) is 0 Å². The van der Waals surface area contributed by atoms with Crippen molar-refractivity contribution < 1.29 is 0 Å². The van der Waals surface area contributed by atoms with Gasteiger partial charge in [-0.3, -0.25) is 0 Å². The highest BCUT2D eigenvalue weighted by molar-refractivity contribution is 5.19. The fourth-order valence-corrected chi connectivity index (χ4v) is 2.04. The Balaban J connectivity index is 2.04. The van der Waals surface area contributed by atoms with Crippen molar-refractivity contribution in [2.75, 3.05) is 0 Å². The molecule has 3 heteroatoms. The minimum atomic E-state index is 0.348. The minimum Gasteiger partial charge on any atom is -0.304 e. The van der Waals surface area contributed by atoms with Gasteiger partial charge in [-0.15, -0.1) is 0 Å². The maximum atomic E-state index is 4.23. The largest absolute Gasteiger partial charge is 0.304 e. The summed E-state index contributed by atoms with van der Waals surface area (Å²) >= 11 is 0. The maximum absolute atomic E-state index is 4.23. The Hall–Kier alpha value is -1.74. The van der Waals surface area contributed by atoms with Gasteiger partial charge in [-0.25, -0.2) is 9.97 Å². The Morgan fingerprint density at radius 1 is 1.11 bits per heavy atom. The summed E-state index contributed by atoms with van der Waals surface area (Å²) in [6, 6.07) is 12.8. The van der Waals surface area contributed by atoms with Crippen molar-refractivity contribution in [3.05, 3.63) is 60.2 Å². The summed E-state index contributed by atoms with van der Waals surface area (Å²) in [7, 11) is 0. The summed E-state index contributed by atoms with van der Waals surface area (Å²) < 4.78 is 0. The lowest BCUT2D eigenvalue weighted by Crippen LogP contribution is -2.25. The molecule has 3 nitrogen and oxygen atoms in total. The fourth-order valence-electron chi connectivity index (χ4n) is 2.04. The predicted octanol–water partition coefficient (Wildman–Crippen LogP) is 2.96. The van der Waals surface area contributed by atoms with Crippen molar-refractivity contribution in [2.24, 2.45) is 5.92 Å². The van der Waals surface area contributed by atoms with Crippen molar-refractivity contribution >= 4 is 0 Å². The number of aromatic nitrogens is 2. The lowest BCUT2D eigenvalue weighted by atomic mass is 9.96. The van der Waals surface area contributed by atoms with Crippen LogP contribution in [-0.4, -0.2) is 9.97 Å². The molecule has 0 amide bonds. The lowest BCUT2D eigenvalue weighted by Gasteiger charge is -2.22. The molecule has 1 heterocycles. The van der Waals surface area contributed by atoms with E-state index in [2.05, 4.69) is 53.4 Å². The first-order chi connectivity index (χ1) is 8.77. The Labute approximate surface area is 108 Å². The molecule has 1 N–H and O–H groups in total. The van der Waals surface area contributed by atoms with E-state index in [4.69, 9.17) is 0 Å². The topological polar surface area (TPSA) is 37.8 Å². The zero-order valence-corrected chi connectivity index (χ0v) is 10.9. The van der Waals surface area contributed by atoms with E-state index in [0.29, 0.717) is 12.0 Å². The number of benzene rings is 1. The molecule has 1 aromatic heterocycles. The Bertz CT molecular complexity index is 454. The van der Waals surface area contributed by atoms with E-state index >= 15 is 0 Å². The van der Waals surface area contributed by atoms with Gasteiger partial charge in [0, 0.05) is 18.8 Å². The van der Waals surface area contributed by atoms with Crippen molar-refractivity contribution in [3.63, 3.8) is 0 Å². The van der Waals surface area contributed by atoms with Gasteiger partial charge in [0.2, 0.25) is 0 Å². The predicted molar refractivity (Wildman–Crippen MR) is 72.9 cm³/mol. The molecule has 0 aliphatic carbocycles. The Morgan fingerprint density at radius 2 is 1.89 bits per heavy atom. The summed E-state index contributed by atoms with van der Waals surface area (Å²) in [5, 5.41) is 3.56. The van der Waals surface area contributed by atoms with Gasteiger partial charge < -0.3 is 5.32 Å². The molecular weight excluding hydrogens is 222 g/mol. The van der Waals surface area contributed by atoms with Crippen LogP contribution in [0.25, 0.3) is 0 Å². The van der Waals surface area contributed by atoms with Gasteiger partial charge in [0.05, 0.1) is 5.69 Å². The zero-order valence-electron chi connectivity index (χ0n) is 10.9. The molecule has 0 aliphatic rings. The van der Waals surface area contributed by atoms with Gasteiger partial charge in [0.15, 0.2) is 0 Å². The molecule has 0 fully saturated rings. The quantitative estimate of drug-likeness (QED) is 0.874. The van der Waals surface area contributed by atoms with Gasteiger partial charge in [0.25, 0.3) is 0 Å². The van der Waals surface area contributed by atoms with E-state index in [9.17, 15) is 0 Å². The van der Waals surface area contributed by atoms with Crippen molar-refractivity contribution in [1.82, 2.24) is 15.3 Å². The molecule has 0 spiro atoms. The van der Waals surface area contributed by atoms with Crippen LogP contribution in [0, 0.1) is 5.92 Å². The van der Waals surface area contributed by atoms with Crippen LogP contribution in [0.3, 0.4) is 0 Å². The van der Waals surface area contributed by atoms with Gasteiger partial charge in [-0.1, -0.05) is 44.2 Å². The molecule has 0 aliphatic heterocycles. The van der Waals surface area contributed by atoms with Crippen LogP contribution in [0.1, 0.15) is 31.1 Å². The van der Waals surface area contributed by atoms with E-state index in [0.717, 1.165) is 12.2 Å². The second-order valence-electron chi connectivity index (χ2n) is 4.71. The molecule has 0 saturated heterocycles. The molecule has 0 radical (unpaired) electrons. The van der Waals surface area contributed by atoms with Crippen LogP contribution in [0.15, 0.2) is 48.9 Å². The van der Waals surface area contributed by atoms with Gasteiger partial charge in [-0.2, -0.15) is 0 Å². The Kier molecular flexibility index (Phi) is 4.42. The molecule has 0 bridgehead atoms. The highest BCUT2D eigenvalue weighted by Gasteiger charge is 2.14. The van der Waals surface area contributed by atoms with E-state index in [1.54, 1.807) is 12.5 Å². The molecule has 1 aromatic carbocycles. The highest BCUT2D eigenvalue weighted by atomic mass is 14.9. The SMILES string of the molecule is CC(C)C(NCc1ccncn1)c1ccccc1. The maximum Gasteiger partial charge on any atom is 0.115 e. The van der Waals surface area contributed by atoms with Crippen molar-refractivity contribution in [3.8, 4) is 0 Å². The number of nitrogens with one attached hydrogen (secondary N) is 1. The number of hydrogen-bond acceptors (Lipinski definition) is 3. The smallest absolute Gasteiger partial charge is 0.115 e. The van der Waals surface area contributed by atoms with Gasteiger partial charge in [0.1, 0.15) is 6.33 Å². The first kappa shape index (κ1) is 12.7. The molecular formula is C15H19N3. The second-order valence-corrected chi connectivity index (χ2v) is 4.71. The normalized spacial score (nSPS) is 12.6. The molecule has 1 atom stereocenters. The summed E-state index contributed by atoms with van der Waals surface area (Å²) in [6.45, 7) is 5.22. The number of hydrogen-bond donors (Lipinski definition) is 1. The number of rotatable bonds is 5. The second kappa shape index (κ2) is 6.26. The molecule has 1 unspecified atom stereocenters. The van der Waals surface area contributed by atoms with Crippen molar-refractivity contribution in [2.45, 2.75) is 26.4 Å². The number of nitrogens with zero attached hydrogens (tertiary/aromatic N) is 2. The third-order valence-electron chi connectivity index (χ3n) is 2.97. The average molecular weight is 241 g/mol. The van der Waals surface area contributed by atoms with Gasteiger partial charge >= 0.3 is 0 Å². The first-order valence-electron chi connectivity index (χ1n) is 6.30. The van der Waals surface area contributed by atoms with E-state index in [1.165, 1.54) is 5.56 Å². The van der Waals surface area contributed by atoms with E-state index < -0.39 is 0 Å². The molecule has 0 saturated carbocycles. The molecule has 2 rings (SSSR count). The summed E-state index contributed by atoms with van der Waals surface area (Å²) in [6.07, 6.45) is 3.36. The lowest BCUT2D eigenvalue weighted by molar-refractivity contribution is 0.408. The monoisotopic (exact) mass is 241 g/mol. The van der Waals surface area contributed by atoms with Crippen LogP contribution < -0.4 is 5.32 Å². The van der Waals surface area contributed by atoms with E-state index in [-0.39, 0.29) is 0 Å². The van der Waals surface area contributed by atoms with Crippen LogP contribution in [0.2, 0.25) is 0 Å². The zero-order chi connectivity index (χ0) is 12.8. The average Bonchev–Trinajstić information content (AvgIpc) is 2.41. The third kappa shape index (κ3) is 3.37. The summed E-state index contributed by atoms with van der Waals surface area (Å²) in [4.78, 5) is 8.16. The molecule has 94 valence electrons. The fraction of sp³-hybridized carbons (Fsp3) is 0.333. The van der Waals surface area contributed by atoms with Crippen molar-refractivity contribution in [1.29, 1.82) is 0 Å². The van der Waals surface area contributed by atoms with Gasteiger partial charge in [-0.05, 0) is 17.5 Å². The van der Waals surface area contributed by atoms with Crippen LogP contribution in [0.4, 0.5) is 0 Å². The Morgan fingerprint density at radius 3 is 2.50 bits per heavy atom. The molecule has 18 heavy (non-hydrogen) atoms. The summed E-state index contributed by atoms with van der Waals surface area (Å²) in [5.41, 5.74) is 2.34. The summed E-state index contributed by atoms with van der Waals surface area (Å²) in [5.74, 6) is 0.536. The molecule has 2 aromatic rings. The van der Waals surface area contributed by atoms with Crippen LogP contribution in [-0.2, 0) is 6.54 Å². The minimum absolute atomic E-state index is 0.348. The van der Waals surface area contributed by atoms with Crippen LogP contribution >= 0.6 is 0 Å². The standard InChI is InChI=1S/C15H19N3/c1-12(2)15(13-6-4-3-5-7-13)17-10-14-8-9-16-11-18-14/h3-9,11-12,15,17H,10H2,1-2H3. The van der Waals surface area contributed by atoms with E-state index in [1.807, 2.05) is 12.1 Å².